The second kappa shape index (κ2) is 18.9. The van der Waals surface area contributed by atoms with Gasteiger partial charge in [-0.1, -0.05) is 76.2 Å². The summed E-state index contributed by atoms with van der Waals surface area (Å²) in [6.45, 7) is 7.13. The van der Waals surface area contributed by atoms with E-state index >= 15 is 0 Å². The van der Waals surface area contributed by atoms with Crippen LogP contribution in [-0.2, 0) is 20.9 Å². The molecular weight excluding hydrogens is 763 g/mol. The molecule has 0 radical (unpaired) electrons. The molecule has 7 rings (SSSR count). The van der Waals surface area contributed by atoms with Gasteiger partial charge in [0, 0.05) is 24.0 Å². The van der Waals surface area contributed by atoms with E-state index in [0.29, 0.717) is 24.4 Å². The van der Waals surface area contributed by atoms with Gasteiger partial charge in [-0.05, 0) is 53.1 Å². The third-order valence-electron chi connectivity index (χ3n) is 11.2. The number of ether oxygens (including phenoxy) is 2. The number of para-hydroxylation sites is 1. The summed E-state index contributed by atoms with van der Waals surface area (Å²) in [5, 5.41) is 0. The summed E-state index contributed by atoms with van der Waals surface area (Å²) in [6.07, 6.45) is 20.0. The molecule has 3 aromatic carbocycles. The molecule has 1 saturated heterocycles. The van der Waals surface area contributed by atoms with Gasteiger partial charge in [0.2, 0.25) is 6.33 Å². The number of carbonyl (C=O) groups excluding carboxylic acids is 2. The van der Waals surface area contributed by atoms with Crippen LogP contribution in [0.4, 0.5) is 0 Å². The van der Waals surface area contributed by atoms with E-state index < -0.39 is 0 Å². The Hall–Kier alpha value is -4.68. The largest absolute Gasteiger partial charge is 0.462 e. The van der Waals surface area contributed by atoms with E-state index in [-0.39, 0.29) is 17.9 Å². The molecule has 0 bridgehead atoms. The van der Waals surface area contributed by atoms with Gasteiger partial charge in [0.25, 0.3) is 0 Å². The summed E-state index contributed by atoms with van der Waals surface area (Å²) in [6, 6.07) is 24.3. The highest BCUT2D eigenvalue weighted by molar-refractivity contribution is 8.76. The van der Waals surface area contributed by atoms with Crippen molar-refractivity contribution < 1.29 is 37.2 Å². The molecule has 4 aromatic rings. The number of esters is 2. The van der Waals surface area contributed by atoms with Gasteiger partial charge in [0.1, 0.15) is 23.8 Å². The lowest BCUT2D eigenvalue weighted by molar-refractivity contribution is -0.890. The van der Waals surface area contributed by atoms with Crippen molar-refractivity contribution in [3.05, 3.63) is 132 Å². The number of aromatic nitrogens is 2. The monoisotopic (exact) mass is 819 g/mol. The Balaban J connectivity index is 0.750. The first-order chi connectivity index (χ1) is 28.0. The highest BCUT2D eigenvalue weighted by Crippen LogP contribution is 2.35. The van der Waals surface area contributed by atoms with Crippen molar-refractivity contribution >= 4 is 57.5 Å². The molecule has 1 unspecified atom stereocenters. The van der Waals surface area contributed by atoms with Crippen LogP contribution < -0.4 is 9.30 Å². The van der Waals surface area contributed by atoms with Crippen molar-refractivity contribution in [2.45, 2.75) is 31.7 Å². The second-order valence-electron chi connectivity index (χ2n) is 16.7. The normalized spacial score (nSPS) is 17.9. The SMILES string of the molecule is C[N+](C)(CCC[N+]1=CC(c2ccc(/C=C3/CCOC3=O)cc2)C=C1)CCSSCC[N+](C)(C)CCC[n+]1ccn(-c2ccc(/C=C3\C(=O)Oc4ccccc43)cc2)c1. The summed E-state index contributed by atoms with van der Waals surface area (Å²) >= 11 is 0. The van der Waals surface area contributed by atoms with Gasteiger partial charge in [-0.25, -0.2) is 23.3 Å². The number of cyclic esters (lactones) is 1. The van der Waals surface area contributed by atoms with Gasteiger partial charge in [0.15, 0.2) is 19.0 Å². The van der Waals surface area contributed by atoms with E-state index in [9.17, 15) is 9.59 Å². The van der Waals surface area contributed by atoms with Crippen LogP contribution in [0.5, 0.6) is 5.75 Å². The maximum Gasteiger partial charge on any atom is 0.344 e. The molecular formula is C47H57N5O4S2+4. The predicted octanol–water partition coefficient (Wildman–Crippen LogP) is 7.26. The van der Waals surface area contributed by atoms with Crippen molar-refractivity contribution in [2.75, 3.05) is 79.0 Å². The van der Waals surface area contributed by atoms with Crippen LogP contribution in [0.15, 0.2) is 109 Å². The molecule has 0 saturated carbocycles. The molecule has 9 nitrogen and oxygen atoms in total. The van der Waals surface area contributed by atoms with Crippen molar-refractivity contribution in [3.63, 3.8) is 0 Å². The number of quaternary nitrogens is 2. The van der Waals surface area contributed by atoms with Crippen LogP contribution in [0.25, 0.3) is 23.4 Å². The van der Waals surface area contributed by atoms with Gasteiger partial charge >= 0.3 is 11.9 Å². The Morgan fingerprint density at radius 3 is 2.17 bits per heavy atom. The van der Waals surface area contributed by atoms with Crippen LogP contribution >= 0.6 is 21.6 Å². The molecule has 1 atom stereocenters. The van der Waals surface area contributed by atoms with E-state index in [4.69, 9.17) is 9.47 Å². The van der Waals surface area contributed by atoms with E-state index in [2.05, 4.69) is 116 Å². The maximum atomic E-state index is 12.4. The van der Waals surface area contributed by atoms with Crippen molar-refractivity contribution in [2.24, 2.45) is 0 Å². The second-order valence-corrected chi connectivity index (χ2v) is 19.4. The van der Waals surface area contributed by atoms with E-state index in [0.717, 1.165) is 94.0 Å². The number of fused-ring (bicyclic) bond motifs is 1. The molecule has 0 aliphatic carbocycles. The number of aryl methyl sites for hydroxylation is 1. The predicted molar refractivity (Wildman–Crippen MR) is 237 cm³/mol. The van der Waals surface area contributed by atoms with Gasteiger partial charge in [-0.2, -0.15) is 0 Å². The fraction of sp³-hybridized carbons (Fsp3) is 0.362. The first kappa shape index (κ1) is 41.5. The first-order valence-corrected chi connectivity index (χ1v) is 22.9. The zero-order valence-corrected chi connectivity index (χ0v) is 35.9. The highest BCUT2D eigenvalue weighted by atomic mass is 33.1. The van der Waals surface area contributed by atoms with Gasteiger partial charge in [-0.3, -0.25) is 0 Å². The quantitative estimate of drug-likeness (QED) is 0.0189. The van der Waals surface area contributed by atoms with Crippen LogP contribution in [0.2, 0.25) is 0 Å². The lowest BCUT2D eigenvalue weighted by Crippen LogP contribution is -2.44. The molecule has 302 valence electrons. The topological polar surface area (TPSA) is 64.4 Å². The van der Waals surface area contributed by atoms with Crippen LogP contribution in [0.1, 0.15) is 47.4 Å². The zero-order chi connectivity index (χ0) is 40.5. The standard InChI is InChI=1S/C47H57N5O4S2/c1-51(2,26-7-21-48-23-19-41(35-48)39-15-11-37(12-16-39)33-40-20-30-55-46(40)53)28-31-57-58-32-29-52(3,4)27-8-22-49-24-25-50(36-49)42-17-13-38(14-18-42)34-44-43-9-5-6-10-45(43)56-47(44)54/h5-6,9-19,23-25,33-36,41H,7-8,20-22,26-32H2,1-4H3/q+4/b40-33-,44-34-. The van der Waals surface area contributed by atoms with E-state index in [1.165, 1.54) is 12.1 Å². The summed E-state index contributed by atoms with van der Waals surface area (Å²) in [7, 11) is 13.5. The van der Waals surface area contributed by atoms with Crippen molar-refractivity contribution in [3.8, 4) is 11.4 Å². The number of rotatable bonds is 19. The minimum Gasteiger partial charge on any atom is -0.462 e. The summed E-state index contributed by atoms with van der Waals surface area (Å²) in [5.74, 6) is 2.74. The zero-order valence-electron chi connectivity index (χ0n) is 34.3. The summed E-state index contributed by atoms with van der Waals surface area (Å²) in [5.41, 5.74) is 6.56. The molecule has 3 aliphatic rings. The minimum absolute atomic E-state index is 0.189. The fourth-order valence-electron chi connectivity index (χ4n) is 7.49. The molecule has 1 aromatic heterocycles. The van der Waals surface area contributed by atoms with E-state index in [1.807, 2.05) is 70.1 Å². The summed E-state index contributed by atoms with van der Waals surface area (Å²) in [4.78, 5) is 24.2. The average molecular weight is 820 g/mol. The highest BCUT2D eigenvalue weighted by Gasteiger charge is 2.26. The number of nitrogens with zero attached hydrogens (tertiary/aromatic N) is 5. The fourth-order valence-corrected chi connectivity index (χ4v) is 10.0. The van der Waals surface area contributed by atoms with E-state index in [1.54, 1.807) is 0 Å². The molecule has 0 spiro atoms. The van der Waals surface area contributed by atoms with Gasteiger partial charge < -0.3 is 18.4 Å². The average Bonchev–Trinajstić information content (AvgIpc) is 4.02. The minimum atomic E-state index is -0.302. The molecule has 11 heteroatoms. The number of carbonyl (C=O) groups is 2. The molecule has 0 amide bonds. The Morgan fingerprint density at radius 2 is 1.47 bits per heavy atom. The van der Waals surface area contributed by atoms with Crippen LogP contribution in [0, 0.1) is 0 Å². The maximum absolute atomic E-state index is 12.4. The Labute approximate surface area is 351 Å². The summed E-state index contributed by atoms with van der Waals surface area (Å²) < 4.78 is 19.3. The Kier molecular flexibility index (Phi) is 13.5. The molecule has 3 aliphatic heterocycles. The van der Waals surface area contributed by atoms with Crippen molar-refractivity contribution in [1.29, 1.82) is 0 Å². The molecule has 58 heavy (non-hydrogen) atoms. The number of allylic oxidation sites excluding steroid dienone is 1. The van der Waals surface area contributed by atoms with Crippen molar-refractivity contribution in [1.82, 2.24) is 4.57 Å². The van der Waals surface area contributed by atoms with Crippen LogP contribution in [0.3, 0.4) is 0 Å². The number of hydrogen-bond donors (Lipinski definition) is 0. The number of imidazole rings is 1. The Bertz CT molecular complexity index is 2200. The Morgan fingerprint density at radius 1 is 0.793 bits per heavy atom. The number of hydrogen-bond acceptors (Lipinski definition) is 6. The number of benzene rings is 3. The molecule has 1 fully saturated rings. The van der Waals surface area contributed by atoms with Crippen LogP contribution in [-0.4, -0.2) is 115 Å². The third-order valence-corrected chi connectivity index (χ3v) is 13.5. The third kappa shape index (κ3) is 11.3. The smallest absolute Gasteiger partial charge is 0.344 e. The van der Waals surface area contributed by atoms with Gasteiger partial charge in [-0.15, -0.1) is 0 Å². The first-order valence-electron chi connectivity index (χ1n) is 20.4. The van der Waals surface area contributed by atoms with Gasteiger partial charge in [0.05, 0.1) is 96.9 Å². The lowest BCUT2D eigenvalue weighted by Gasteiger charge is -2.30. The lowest BCUT2D eigenvalue weighted by atomic mass is 9.99. The molecule has 0 N–H and O–H groups in total. The molecule has 4 heterocycles.